The molecule has 6 rings (SSSR count). The third-order valence-electron chi connectivity index (χ3n) is 8.76. The average Bonchev–Trinajstić information content (AvgIpc) is 3.18. The number of aromatic nitrogens is 2. The standard InChI is InChI=1S/C22H19ClN2O3.C22H19FN2O3/c2*1-14-7-2-3-8-15(14)20(13-21(26)27)25-22(28)19-12-6-11-18(24-19)16-9-4-5-10-17(16)23/h2*2-12,20H,13H2,1H3,(H,25,28)(H,26,27)/t2*20-/m00/s1. The Morgan fingerprint density at radius 3 is 1.43 bits per heavy atom. The van der Waals surface area contributed by atoms with Gasteiger partial charge in [-0.2, -0.15) is 0 Å². The van der Waals surface area contributed by atoms with Crippen molar-refractivity contribution in [1.29, 1.82) is 0 Å². The van der Waals surface area contributed by atoms with E-state index in [0.717, 1.165) is 27.8 Å². The summed E-state index contributed by atoms with van der Waals surface area (Å²) in [6, 6.07) is 36.5. The molecule has 0 spiro atoms. The molecule has 6 aromatic rings. The number of carboxylic acid groups (broad SMARTS) is 2. The Labute approximate surface area is 328 Å². The number of aliphatic carboxylic acids is 2. The molecule has 56 heavy (non-hydrogen) atoms. The van der Waals surface area contributed by atoms with Crippen LogP contribution in [0.2, 0.25) is 5.02 Å². The van der Waals surface area contributed by atoms with E-state index in [1.54, 1.807) is 66.7 Å². The fraction of sp³-hybridized carbons (Fsp3) is 0.136. The van der Waals surface area contributed by atoms with Crippen LogP contribution in [0.3, 0.4) is 0 Å². The Morgan fingerprint density at radius 2 is 0.982 bits per heavy atom. The van der Waals surface area contributed by atoms with E-state index in [2.05, 4.69) is 20.6 Å². The Kier molecular flexibility index (Phi) is 13.8. The number of rotatable bonds is 12. The Morgan fingerprint density at radius 1 is 0.571 bits per heavy atom. The normalized spacial score (nSPS) is 11.6. The van der Waals surface area contributed by atoms with Crippen LogP contribution in [0.25, 0.3) is 22.5 Å². The summed E-state index contributed by atoms with van der Waals surface area (Å²) in [5.74, 6) is -3.42. The van der Waals surface area contributed by atoms with Crippen molar-refractivity contribution in [2.45, 2.75) is 38.8 Å². The summed E-state index contributed by atoms with van der Waals surface area (Å²) in [4.78, 5) is 56.8. The second-order valence-corrected chi connectivity index (χ2v) is 13.1. The van der Waals surface area contributed by atoms with Gasteiger partial charge in [0.25, 0.3) is 11.8 Å². The fourth-order valence-corrected chi connectivity index (χ4v) is 6.24. The summed E-state index contributed by atoms with van der Waals surface area (Å²) in [5.41, 5.74) is 5.47. The molecule has 4 aromatic carbocycles. The molecule has 0 fully saturated rings. The molecule has 2 atom stereocenters. The molecule has 0 bridgehead atoms. The summed E-state index contributed by atoms with van der Waals surface area (Å²) in [6.45, 7) is 3.74. The summed E-state index contributed by atoms with van der Waals surface area (Å²) < 4.78 is 14.0. The van der Waals surface area contributed by atoms with Gasteiger partial charge in [0.15, 0.2) is 0 Å². The van der Waals surface area contributed by atoms with Gasteiger partial charge in [-0.15, -0.1) is 0 Å². The molecule has 4 N–H and O–H groups in total. The topological polar surface area (TPSA) is 159 Å². The number of carboxylic acids is 2. The van der Waals surface area contributed by atoms with Gasteiger partial charge in [0.05, 0.1) is 36.3 Å². The molecule has 0 saturated heterocycles. The molecule has 0 saturated carbocycles. The van der Waals surface area contributed by atoms with E-state index in [4.69, 9.17) is 11.6 Å². The van der Waals surface area contributed by atoms with Crippen LogP contribution < -0.4 is 10.6 Å². The lowest BCUT2D eigenvalue weighted by atomic mass is 9.98. The zero-order valence-corrected chi connectivity index (χ0v) is 31.2. The van der Waals surface area contributed by atoms with Gasteiger partial charge in [0.2, 0.25) is 0 Å². The lowest BCUT2D eigenvalue weighted by Gasteiger charge is -2.19. The lowest BCUT2D eigenvalue weighted by Crippen LogP contribution is -2.31. The highest BCUT2D eigenvalue weighted by Crippen LogP contribution is 2.27. The van der Waals surface area contributed by atoms with Crippen LogP contribution in [0, 0.1) is 19.7 Å². The van der Waals surface area contributed by atoms with Crippen LogP contribution in [0.15, 0.2) is 133 Å². The molecule has 12 heteroatoms. The maximum atomic E-state index is 14.0. The van der Waals surface area contributed by atoms with Gasteiger partial charge >= 0.3 is 11.9 Å². The van der Waals surface area contributed by atoms with Gasteiger partial charge in [-0.3, -0.25) is 19.2 Å². The second kappa shape index (κ2) is 19.0. The Bertz CT molecular complexity index is 2210. The summed E-state index contributed by atoms with van der Waals surface area (Å²) >= 11 is 6.22. The number of pyridine rings is 2. The number of hydrogen-bond donors (Lipinski definition) is 4. The molecule has 0 radical (unpaired) electrons. The van der Waals surface area contributed by atoms with Gasteiger partial charge in [0.1, 0.15) is 17.2 Å². The number of carbonyl (C=O) groups is 4. The smallest absolute Gasteiger partial charge is 0.305 e. The molecule has 10 nitrogen and oxygen atoms in total. The third-order valence-corrected chi connectivity index (χ3v) is 9.09. The quantitative estimate of drug-likeness (QED) is 0.0961. The minimum atomic E-state index is -1.03. The van der Waals surface area contributed by atoms with Crippen molar-refractivity contribution in [2.24, 2.45) is 0 Å². The lowest BCUT2D eigenvalue weighted by molar-refractivity contribution is -0.138. The monoisotopic (exact) mass is 772 g/mol. The molecule has 284 valence electrons. The summed E-state index contributed by atoms with van der Waals surface area (Å²) in [5, 5.41) is 24.6. The third kappa shape index (κ3) is 10.7. The van der Waals surface area contributed by atoms with Gasteiger partial charge in [-0.05, 0) is 78.6 Å². The first-order valence-electron chi connectivity index (χ1n) is 17.5. The average molecular weight is 773 g/mol. The number of aryl methyl sites for hydroxylation is 2. The minimum absolute atomic E-state index is 0.0877. The van der Waals surface area contributed by atoms with Gasteiger partial charge < -0.3 is 20.8 Å². The van der Waals surface area contributed by atoms with Crippen LogP contribution in [-0.4, -0.2) is 43.9 Å². The van der Waals surface area contributed by atoms with Crippen LogP contribution in [0.4, 0.5) is 4.39 Å². The van der Waals surface area contributed by atoms with Crippen molar-refractivity contribution < 1.29 is 33.8 Å². The Hall–Kier alpha value is -6.72. The van der Waals surface area contributed by atoms with Crippen molar-refractivity contribution in [1.82, 2.24) is 20.6 Å². The molecular weight excluding hydrogens is 735 g/mol. The van der Waals surface area contributed by atoms with E-state index in [9.17, 15) is 33.8 Å². The number of carbonyl (C=O) groups excluding carboxylic acids is 2. The number of nitrogens with one attached hydrogen (secondary N) is 2. The van der Waals surface area contributed by atoms with E-state index >= 15 is 0 Å². The molecule has 2 heterocycles. The van der Waals surface area contributed by atoms with Gasteiger partial charge in [-0.25, -0.2) is 14.4 Å². The zero-order valence-electron chi connectivity index (χ0n) is 30.4. The number of amides is 2. The zero-order chi connectivity index (χ0) is 40.2. The van der Waals surface area contributed by atoms with E-state index in [1.807, 2.05) is 68.4 Å². The van der Waals surface area contributed by atoms with E-state index in [1.165, 1.54) is 12.1 Å². The highest BCUT2D eigenvalue weighted by molar-refractivity contribution is 6.33. The number of halogens is 2. The largest absolute Gasteiger partial charge is 0.481 e. The van der Waals surface area contributed by atoms with Crippen LogP contribution >= 0.6 is 11.6 Å². The maximum absolute atomic E-state index is 14.0. The molecule has 0 unspecified atom stereocenters. The van der Waals surface area contributed by atoms with Crippen LogP contribution in [0.5, 0.6) is 0 Å². The first-order chi connectivity index (χ1) is 26.9. The summed E-state index contributed by atoms with van der Waals surface area (Å²) in [6.07, 6.45) is -0.482. The predicted octanol–water partition coefficient (Wildman–Crippen LogP) is 8.80. The molecular formula is C44H38ClFN4O6. The van der Waals surface area contributed by atoms with Gasteiger partial charge in [0, 0.05) is 16.1 Å². The maximum Gasteiger partial charge on any atom is 0.305 e. The highest BCUT2D eigenvalue weighted by Gasteiger charge is 2.23. The fourth-order valence-electron chi connectivity index (χ4n) is 6.01. The van der Waals surface area contributed by atoms with Crippen LogP contribution in [0.1, 0.15) is 68.2 Å². The SMILES string of the molecule is Cc1ccccc1[C@H](CC(=O)O)NC(=O)c1cccc(-c2ccccc2Cl)n1.Cc1ccccc1[C@H](CC(=O)O)NC(=O)c1cccc(-c2ccccc2F)n1. The number of benzene rings is 4. The first-order valence-corrected chi connectivity index (χ1v) is 17.9. The highest BCUT2D eigenvalue weighted by atomic mass is 35.5. The van der Waals surface area contributed by atoms with Crippen molar-refractivity contribution in [3.05, 3.63) is 178 Å². The van der Waals surface area contributed by atoms with Crippen molar-refractivity contribution >= 4 is 35.4 Å². The summed E-state index contributed by atoms with van der Waals surface area (Å²) in [7, 11) is 0. The van der Waals surface area contributed by atoms with Gasteiger partial charge in [-0.1, -0.05) is 103 Å². The Balaban J connectivity index is 0.000000214. The molecule has 0 aliphatic rings. The first kappa shape index (κ1) is 40.5. The molecule has 2 amide bonds. The molecule has 0 aliphatic heterocycles. The molecule has 0 aliphatic carbocycles. The van der Waals surface area contributed by atoms with Crippen LogP contribution in [-0.2, 0) is 9.59 Å². The van der Waals surface area contributed by atoms with E-state index < -0.39 is 41.7 Å². The minimum Gasteiger partial charge on any atom is -0.481 e. The number of hydrogen-bond acceptors (Lipinski definition) is 6. The number of nitrogens with zero attached hydrogens (tertiary/aromatic N) is 2. The van der Waals surface area contributed by atoms with E-state index in [-0.39, 0.29) is 29.8 Å². The molecule has 2 aromatic heterocycles. The van der Waals surface area contributed by atoms with E-state index in [0.29, 0.717) is 16.4 Å². The predicted molar refractivity (Wildman–Crippen MR) is 212 cm³/mol. The second-order valence-electron chi connectivity index (χ2n) is 12.7. The van der Waals surface area contributed by atoms with Crippen molar-refractivity contribution in [3.8, 4) is 22.5 Å². The van der Waals surface area contributed by atoms with Crippen molar-refractivity contribution in [2.75, 3.05) is 0 Å². The van der Waals surface area contributed by atoms with Crippen molar-refractivity contribution in [3.63, 3.8) is 0 Å².